The normalized spacial score (nSPS) is 10.9. The number of rotatable bonds is 19. The van der Waals surface area contributed by atoms with Gasteiger partial charge in [0.2, 0.25) is 0 Å². The molecule has 0 atom stereocenters. The Kier molecular flexibility index (Phi) is 19.9. The minimum Gasteiger partial charge on any atom is -0.466 e. The summed E-state index contributed by atoms with van der Waals surface area (Å²) in [5, 5.41) is 0. The van der Waals surface area contributed by atoms with E-state index in [1.807, 2.05) is 0 Å². The summed E-state index contributed by atoms with van der Waals surface area (Å²) in [6.45, 7) is 7.68. The molecule has 0 amide bonds. The molecule has 0 heterocycles. The Labute approximate surface area is 149 Å². The van der Waals surface area contributed by atoms with Crippen molar-refractivity contribution in [1.82, 2.24) is 0 Å². The zero-order valence-electron chi connectivity index (χ0n) is 16.2. The number of hydrogen-bond acceptors (Lipinski definition) is 4. The summed E-state index contributed by atoms with van der Waals surface area (Å²) in [5.41, 5.74) is 0. The molecule has 0 radical (unpaired) electrons. The Balaban J connectivity index is 3.11. The number of ether oxygens (including phenoxy) is 3. The van der Waals surface area contributed by atoms with Gasteiger partial charge in [0.05, 0.1) is 19.8 Å². The van der Waals surface area contributed by atoms with E-state index in [4.69, 9.17) is 14.2 Å². The van der Waals surface area contributed by atoms with Crippen molar-refractivity contribution in [2.24, 2.45) is 0 Å². The zero-order chi connectivity index (χ0) is 17.7. The van der Waals surface area contributed by atoms with Gasteiger partial charge in [-0.15, -0.1) is 0 Å². The van der Waals surface area contributed by atoms with Crippen LogP contribution >= 0.6 is 0 Å². The lowest BCUT2D eigenvalue weighted by molar-refractivity contribution is -0.144. The Morgan fingerprint density at radius 3 is 1.67 bits per heavy atom. The SMILES string of the molecule is CCCCCCCOCCOCCCC(=O)OCCCCCCC. The summed E-state index contributed by atoms with van der Waals surface area (Å²) >= 11 is 0. The summed E-state index contributed by atoms with van der Waals surface area (Å²) in [5.74, 6) is -0.0996. The van der Waals surface area contributed by atoms with Crippen LogP contribution in [0.15, 0.2) is 0 Å². The van der Waals surface area contributed by atoms with Crippen LogP contribution in [0, 0.1) is 0 Å². The lowest BCUT2D eigenvalue weighted by atomic mass is 10.2. The van der Waals surface area contributed by atoms with E-state index in [0.29, 0.717) is 32.8 Å². The summed E-state index contributed by atoms with van der Waals surface area (Å²) in [7, 11) is 0. The van der Waals surface area contributed by atoms with Gasteiger partial charge in [-0.1, -0.05) is 65.2 Å². The molecule has 4 heteroatoms. The number of esters is 1. The topological polar surface area (TPSA) is 44.8 Å². The van der Waals surface area contributed by atoms with Crippen LogP contribution in [0.1, 0.15) is 90.9 Å². The van der Waals surface area contributed by atoms with Crippen molar-refractivity contribution in [2.75, 3.05) is 33.0 Å². The molecule has 0 saturated carbocycles. The molecule has 24 heavy (non-hydrogen) atoms. The predicted octanol–water partition coefficient (Wildman–Crippen LogP) is 5.28. The van der Waals surface area contributed by atoms with E-state index in [1.165, 1.54) is 44.9 Å². The average Bonchev–Trinajstić information content (AvgIpc) is 2.59. The zero-order valence-corrected chi connectivity index (χ0v) is 16.2. The molecule has 0 rings (SSSR count). The molecule has 0 aromatic heterocycles. The molecule has 0 aliphatic carbocycles. The third-order valence-corrected chi connectivity index (χ3v) is 3.94. The molecule has 0 saturated heterocycles. The maximum absolute atomic E-state index is 11.5. The molecule has 0 aromatic carbocycles. The fraction of sp³-hybridized carbons (Fsp3) is 0.950. The molecule has 0 aromatic rings. The Morgan fingerprint density at radius 1 is 0.583 bits per heavy atom. The molecular formula is C20H40O4. The molecular weight excluding hydrogens is 304 g/mol. The van der Waals surface area contributed by atoms with Gasteiger partial charge >= 0.3 is 5.97 Å². The standard InChI is InChI=1S/C20H40O4/c1-3-5-7-9-11-15-22-18-19-23-16-13-14-20(21)24-17-12-10-8-6-4-2/h3-19H2,1-2H3. The molecule has 144 valence electrons. The molecule has 0 aliphatic heterocycles. The van der Waals surface area contributed by atoms with Gasteiger partial charge in [0, 0.05) is 19.6 Å². The molecule has 0 unspecified atom stereocenters. The average molecular weight is 345 g/mol. The van der Waals surface area contributed by atoms with Gasteiger partial charge in [-0.05, 0) is 19.3 Å². The third kappa shape index (κ3) is 19.4. The predicted molar refractivity (Wildman–Crippen MR) is 99.3 cm³/mol. The maximum atomic E-state index is 11.5. The van der Waals surface area contributed by atoms with Crippen LogP contribution in [0.4, 0.5) is 0 Å². The van der Waals surface area contributed by atoms with Gasteiger partial charge in [-0.25, -0.2) is 0 Å². The first-order valence-corrected chi connectivity index (χ1v) is 10.1. The van der Waals surface area contributed by atoms with E-state index in [1.54, 1.807) is 0 Å². The minimum atomic E-state index is -0.0996. The highest BCUT2D eigenvalue weighted by molar-refractivity contribution is 5.69. The second-order valence-corrected chi connectivity index (χ2v) is 6.38. The van der Waals surface area contributed by atoms with Crippen LogP contribution in [-0.4, -0.2) is 39.0 Å². The lowest BCUT2D eigenvalue weighted by Crippen LogP contribution is -2.09. The van der Waals surface area contributed by atoms with Gasteiger partial charge in [0.25, 0.3) is 0 Å². The summed E-state index contributed by atoms with van der Waals surface area (Å²) in [4.78, 5) is 11.5. The number of hydrogen-bond donors (Lipinski definition) is 0. The van der Waals surface area contributed by atoms with Crippen molar-refractivity contribution in [2.45, 2.75) is 90.9 Å². The van der Waals surface area contributed by atoms with Crippen LogP contribution in [0.25, 0.3) is 0 Å². The molecule has 0 fully saturated rings. The van der Waals surface area contributed by atoms with Crippen molar-refractivity contribution < 1.29 is 19.0 Å². The number of unbranched alkanes of at least 4 members (excludes halogenated alkanes) is 8. The van der Waals surface area contributed by atoms with Crippen LogP contribution in [0.5, 0.6) is 0 Å². The van der Waals surface area contributed by atoms with Gasteiger partial charge in [0.15, 0.2) is 0 Å². The molecule has 4 nitrogen and oxygen atoms in total. The second kappa shape index (κ2) is 20.4. The lowest BCUT2D eigenvalue weighted by Gasteiger charge is -2.07. The van der Waals surface area contributed by atoms with E-state index in [2.05, 4.69) is 13.8 Å². The van der Waals surface area contributed by atoms with E-state index < -0.39 is 0 Å². The van der Waals surface area contributed by atoms with E-state index >= 15 is 0 Å². The molecule has 0 N–H and O–H groups in total. The van der Waals surface area contributed by atoms with Gasteiger partial charge in [0.1, 0.15) is 0 Å². The van der Waals surface area contributed by atoms with Gasteiger partial charge in [-0.2, -0.15) is 0 Å². The van der Waals surface area contributed by atoms with Crippen LogP contribution in [0.2, 0.25) is 0 Å². The fourth-order valence-corrected chi connectivity index (χ4v) is 2.41. The first kappa shape index (κ1) is 23.4. The van der Waals surface area contributed by atoms with E-state index in [-0.39, 0.29) is 5.97 Å². The highest BCUT2D eigenvalue weighted by Gasteiger charge is 2.02. The highest BCUT2D eigenvalue weighted by Crippen LogP contribution is 2.04. The summed E-state index contributed by atoms with van der Waals surface area (Å²) in [6.07, 6.45) is 13.4. The second-order valence-electron chi connectivity index (χ2n) is 6.38. The van der Waals surface area contributed by atoms with Crippen molar-refractivity contribution in [1.29, 1.82) is 0 Å². The molecule has 0 aliphatic rings. The van der Waals surface area contributed by atoms with E-state index in [9.17, 15) is 4.79 Å². The van der Waals surface area contributed by atoms with E-state index in [0.717, 1.165) is 32.3 Å². The molecule has 0 spiro atoms. The molecule has 0 bridgehead atoms. The van der Waals surface area contributed by atoms with Gasteiger partial charge in [-0.3, -0.25) is 4.79 Å². The monoisotopic (exact) mass is 344 g/mol. The number of carbonyl (C=O) groups is 1. The first-order chi connectivity index (χ1) is 11.8. The van der Waals surface area contributed by atoms with Crippen molar-refractivity contribution in [3.63, 3.8) is 0 Å². The van der Waals surface area contributed by atoms with Crippen molar-refractivity contribution in [3.8, 4) is 0 Å². The summed E-state index contributed by atoms with van der Waals surface area (Å²) in [6, 6.07) is 0. The smallest absolute Gasteiger partial charge is 0.305 e. The quantitative estimate of drug-likeness (QED) is 0.236. The largest absolute Gasteiger partial charge is 0.466 e. The van der Waals surface area contributed by atoms with Gasteiger partial charge < -0.3 is 14.2 Å². The van der Waals surface area contributed by atoms with Crippen molar-refractivity contribution >= 4 is 5.97 Å². The Hall–Kier alpha value is -0.610. The third-order valence-electron chi connectivity index (χ3n) is 3.94. The fourth-order valence-electron chi connectivity index (χ4n) is 2.41. The highest BCUT2D eigenvalue weighted by atomic mass is 16.5. The van der Waals surface area contributed by atoms with Crippen molar-refractivity contribution in [3.05, 3.63) is 0 Å². The first-order valence-electron chi connectivity index (χ1n) is 10.1. The maximum Gasteiger partial charge on any atom is 0.305 e. The van der Waals surface area contributed by atoms with Crippen LogP contribution < -0.4 is 0 Å². The Morgan fingerprint density at radius 2 is 1.08 bits per heavy atom. The number of carbonyl (C=O) groups excluding carboxylic acids is 1. The summed E-state index contributed by atoms with van der Waals surface area (Å²) < 4.78 is 16.2. The Bertz CT molecular complexity index is 256. The van der Waals surface area contributed by atoms with Crippen LogP contribution in [0.3, 0.4) is 0 Å². The van der Waals surface area contributed by atoms with Crippen LogP contribution in [-0.2, 0) is 19.0 Å². The minimum absolute atomic E-state index is 0.0996.